The van der Waals surface area contributed by atoms with Gasteiger partial charge in [0.1, 0.15) is 0 Å². The number of hydrogen-bond acceptors (Lipinski definition) is 5. The molecule has 2 heterocycles. The minimum atomic E-state index is -0.156. The molecule has 0 radical (unpaired) electrons. The van der Waals surface area contributed by atoms with E-state index in [9.17, 15) is 9.59 Å². The van der Waals surface area contributed by atoms with Crippen LogP contribution in [-0.4, -0.2) is 54.8 Å². The van der Waals surface area contributed by atoms with Gasteiger partial charge >= 0.3 is 0 Å². The standard InChI is InChI=1S/C22H24N4O2/c1-15(27)17-8-9-19-18(14-17)20(22(28)23-19)21(16-6-4-3-5-7-16)24-26-12-10-25(2)11-13-26/h3-9,14,24H,10-13H2,1-2H3,(H,23,28)/b21-20-. The topological polar surface area (TPSA) is 64.7 Å². The molecule has 0 atom stereocenters. The van der Waals surface area contributed by atoms with Gasteiger partial charge in [0.15, 0.2) is 5.78 Å². The van der Waals surface area contributed by atoms with Crippen molar-refractivity contribution >= 4 is 28.6 Å². The molecule has 2 N–H and O–H groups in total. The van der Waals surface area contributed by atoms with Crippen LogP contribution in [0.3, 0.4) is 0 Å². The van der Waals surface area contributed by atoms with Crippen LogP contribution in [0.25, 0.3) is 11.3 Å². The summed E-state index contributed by atoms with van der Waals surface area (Å²) in [4.78, 5) is 27.1. The van der Waals surface area contributed by atoms with E-state index in [0.29, 0.717) is 11.1 Å². The van der Waals surface area contributed by atoms with Gasteiger partial charge in [0, 0.05) is 43.0 Å². The maximum absolute atomic E-state index is 12.9. The summed E-state index contributed by atoms with van der Waals surface area (Å²) in [6.45, 7) is 5.18. The number of hydrazine groups is 1. The normalized spacial score (nSPS) is 19.1. The van der Waals surface area contributed by atoms with Gasteiger partial charge in [0.05, 0.1) is 11.3 Å². The van der Waals surface area contributed by atoms with Gasteiger partial charge in [-0.15, -0.1) is 0 Å². The zero-order valence-electron chi connectivity index (χ0n) is 16.2. The van der Waals surface area contributed by atoms with Crippen LogP contribution in [0, 0.1) is 0 Å². The Hall–Kier alpha value is -2.96. The quantitative estimate of drug-likeness (QED) is 0.634. The van der Waals surface area contributed by atoms with E-state index in [-0.39, 0.29) is 11.7 Å². The van der Waals surface area contributed by atoms with Gasteiger partial charge < -0.3 is 15.6 Å². The highest BCUT2D eigenvalue weighted by Gasteiger charge is 2.30. The molecule has 2 aromatic rings. The van der Waals surface area contributed by atoms with Gasteiger partial charge in [-0.25, -0.2) is 5.01 Å². The van der Waals surface area contributed by atoms with Crippen LogP contribution in [0.1, 0.15) is 28.4 Å². The van der Waals surface area contributed by atoms with Crippen LogP contribution in [0.5, 0.6) is 0 Å². The fourth-order valence-corrected chi connectivity index (χ4v) is 3.58. The number of likely N-dealkylation sites (N-methyl/N-ethyl adjacent to an activating group) is 1. The second kappa shape index (κ2) is 7.58. The number of nitrogens with zero attached hydrogens (tertiary/aromatic N) is 2. The molecule has 2 aromatic carbocycles. The summed E-state index contributed by atoms with van der Waals surface area (Å²) >= 11 is 0. The molecule has 1 amide bonds. The largest absolute Gasteiger partial charge is 0.321 e. The molecule has 0 aromatic heterocycles. The fourth-order valence-electron chi connectivity index (χ4n) is 3.58. The zero-order chi connectivity index (χ0) is 19.7. The van der Waals surface area contributed by atoms with Crippen LogP contribution < -0.4 is 10.7 Å². The van der Waals surface area contributed by atoms with E-state index in [1.165, 1.54) is 6.92 Å². The third-order valence-corrected chi connectivity index (χ3v) is 5.26. The molecular formula is C22H24N4O2. The van der Waals surface area contributed by atoms with Crippen molar-refractivity contribution in [2.24, 2.45) is 0 Å². The van der Waals surface area contributed by atoms with Crippen molar-refractivity contribution in [2.75, 3.05) is 38.5 Å². The van der Waals surface area contributed by atoms with Gasteiger partial charge in [-0.3, -0.25) is 9.59 Å². The van der Waals surface area contributed by atoms with E-state index in [0.717, 1.165) is 48.7 Å². The van der Waals surface area contributed by atoms with E-state index in [2.05, 4.69) is 27.7 Å². The number of Topliss-reactive ketones (excluding diaryl/α,β-unsaturated/α-hetero) is 1. The monoisotopic (exact) mass is 376 g/mol. The molecule has 1 fully saturated rings. The summed E-state index contributed by atoms with van der Waals surface area (Å²) in [5, 5.41) is 5.08. The Kier molecular flexibility index (Phi) is 4.98. The van der Waals surface area contributed by atoms with Crippen LogP contribution in [0.2, 0.25) is 0 Å². The lowest BCUT2D eigenvalue weighted by atomic mass is 9.98. The maximum atomic E-state index is 12.9. The Morgan fingerprint density at radius 3 is 2.39 bits per heavy atom. The number of anilines is 1. The number of benzene rings is 2. The predicted octanol–water partition coefficient (Wildman–Crippen LogP) is 2.46. The van der Waals surface area contributed by atoms with Crippen LogP contribution in [0.15, 0.2) is 48.5 Å². The van der Waals surface area contributed by atoms with E-state index >= 15 is 0 Å². The van der Waals surface area contributed by atoms with Gasteiger partial charge in [-0.05, 0) is 37.7 Å². The number of piperazine rings is 1. The van der Waals surface area contributed by atoms with Gasteiger partial charge in [-0.2, -0.15) is 0 Å². The summed E-state index contributed by atoms with van der Waals surface area (Å²) in [6, 6.07) is 15.2. The Balaban J connectivity index is 1.81. The lowest BCUT2D eigenvalue weighted by Gasteiger charge is -2.34. The Bertz CT molecular complexity index is 944. The molecule has 6 heteroatoms. The number of ketones is 1. The van der Waals surface area contributed by atoms with Crippen LogP contribution in [0.4, 0.5) is 5.69 Å². The number of nitrogens with one attached hydrogen (secondary N) is 2. The highest BCUT2D eigenvalue weighted by Crippen LogP contribution is 2.37. The summed E-state index contributed by atoms with van der Waals surface area (Å²) in [5.74, 6) is -0.175. The van der Waals surface area contributed by atoms with Crippen molar-refractivity contribution in [2.45, 2.75) is 6.92 Å². The number of carbonyl (C=O) groups excluding carboxylic acids is 2. The van der Waals surface area contributed by atoms with Crippen LogP contribution in [-0.2, 0) is 4.79 Å². The highest BCUT2D eigenvalue weighted by atomic mass is 16.2. The van der Waals surface area contributed by atoms with E-state index in [4.69, 9.17) is 0 Å². The molecule has 0 bridgehead atoms. The molecule has 4 rings (SSSR count). The second-order valence-corrected chi connectivity index (χ2v) is 7.29. The third kappa shape index (κ3) is 3.56. The molecule has 0 spiro atoms. The first-order valence-corrected chi connectivity index (χ1v) is 9.49. The van der Waals surface area contributed by atoms with Gasteiger partial charge in [0.2, 0.25) is 0 Å². The molecule has 2 aliphatic rings. The van der Waals surface area contributed by atoms with E-state index in [1.807, 2.05) is 30.3 Å². The molecule has 6 nitrogen and oxygen atoms in total. The molecular weight excluding hydrogens is 352 g/mol. The lowest BCUT2D eigenvalue weighted by Crippen LogP contribution is -2.50. The van der Waals surface area contributed by atoms with Crippen molar-refractivity contribution < 1.29 is 9.59 Å². The van der Waals surface area contributed by atoms with Gasteiger partial charge in [0.25, 0.3) is 5.91 Å². The smallest absolute Gasteiger partial charge is 0.258 e. The Labute approximate surface area is 164 Å². The number of hydrogen-bond donors (Lipinski definition) is 2. The number of carbonyl (C=O) groups is 2. The first-order chi connectivity index (χ1) is 13.5. The highest BCUT2D eigenvalue weighted by molar-refractivity contribution is 6.36. The SMILES string of the molecule is CC(=O)c1ccc2c(c1)/C(=C(/NN1CCN(C)CC1)c1ccccc1)C(=O)N2. The Morgan fingerprint density at radius 1 is 1.00 bits per heavy atom. The van der Waals surface area contributed by atoms with Crippen molar-refractivity contribution in [1.82, 2.24) is 15.3 Å². The number of fused-ring (bicyclic) bond motifs is 1. The van der Waals surface area contributed by atoms with Crippen molar-refractivity contribution in [3.05, 3.63) is 65.2 Å². The molecule has 0 aliphatic carbocycles. The number of rotatable bonds is 4. The molecule has 144 valence electrons. The van der Waals surface area contributed by atoms with E-state index in [1.54, 1.807) is 18.2 Å². The number of amides is 1. The minimum Gasteiger partial charge on any atom is -0.321 e. The summed E-state index contributed by atoms with van der Waals surface area (Å²) in [5.41, 5.74) is 7.87. The summed E-state index contributed by atoms with van der Waals surface area (Å²) in [6.07, 6.45) is 0. The average molecular weight is 376 g/mol. The minimum absolute atomic E-state index is 0.0187. The van der Waals surface area contributed by atoms with E-state index < -0.39 is 0 Å². The molecule has 0 unspecified atom stereocenters. The lowest BCUT2D eigenvalue weighted by molar-refractivity contribution is -0.110. The predicted molar refractivity (Wildman–Crippen MR) is 111 cm³/mol. The van der Waals surface area contributed by atoms with Crippen molar-refractivity contribution in [3.63, 3.8) is 0 Å². The average Bonchev–Trinajstić information content (AvgIpc) is 3.03. The second-order valence-electron chi connectivity index (χ2n) is 7.29. The molecule has 1 saturated heterocycles. The van der Waals surface area contributed by atoms with Crippen molar-refractivity contribution in [1.29, 1.82) is 0 Å². The Morgan fingerprint density at radius 2 is 1.71 bits per heavy atom. The fraction of sp³-hybridized carbons (Fsp3) is 0.273. The van der Waals surface area contributed by atoms with Gasteiger partial charge in [-0.1, -0.05) is 30.3 Å². The molecule has 28 heavy (non-hydrogen) atoms. The first kappa shape index (κ1) is 18.4. The third-order valence-electron chi connectivity index (χ3n) is 5.26. The summed E-state index contributed by atoms with van der Waals surface area (Å²) in [7, 11) is 2.11. The molecule has 0 saturated carbocycles. The molecule has 2 aliphatic heterocycles. The first-order valence-electron chi connectivity index (χ1n) is 9.49. The maximum Gasteiger partial charge on any atom is 0.258 e. The summed E-state index contributed by atoms with van der Waals surface area (Å²) < 4.78 is 0. The zero-order valence-corrected chi connectivity index (χ0v) is 16.2. The van der Waals surface area contributed by atoms with Crippen LogP contribution >= 0.6 is 0 Å². The van der Waals surface area contributed by atoms with Crippen molar-refractivity contribution in [3.8, 4) is 0 Å².